The number of phenols is 2. The van der Waals surface area contributed by atoms with Crippen LogP contribution in [0.15, 0.2) is 24.3 Å². The molecule has 23 heavy (non-hydrogen) atoms. The summed E-state index contributed by atoms with van der Waals surface area (Å²) in [5.74, 6) is -0.159. The Bertz CT molecular complexity index is 636. The smallest absolute Gasteiger partial charge is 0.119 e. The maximum Gasteiger partial charge on any atom is 0.119 e. The Morgan fingerprint density at radius 2 is 0.913 bits per heavy atom. The largest absolute Gasteiger partial charge is 0.508 e. The Hall–Kier alpha value is -2.12. The molecule has 0 unspecified atom stereocenters. The van der Waals surface area contributed by atoms with Crippen molar-refractivity contribution in [3.63, 3.8) is 0 Å². The van der Waals surface area contributed by atoms with E-state index in [0.29, 0.717) is 33.4 Å². The number of aliphatic hydroxyl groups excluding tert-OH is 4. The number of rotatable bonds is 6. The molecule has 2 rings (SSSR count). The second kappa shape index (κ2) is 7.43. The van der Waals surface area contributed by atoms with Gasteiger partial charge in [0, 0.05) is 17.5 Å². The van der Waals surface area contributed by atoms with Gasteiger partial charge < -0.3 is 30.6 Å². The van der Waals surface area contributed by atoms with Crippen molar-refractivity contribution in [3.8, 4) is 11.5 Å². The van der Waals surface area contributed by atoms with Crippen LogP contribution < -0.4 is 0 Å². The van der Waals surface area contributed by atoms with Gasteiger partial charge in [-0.15, -0.1) is 0 Å². The average Bonchev–Trinajstić information content (AvgIpc) is 2.57. The number of hydrogen-bond acceptors (Lipinski definition) is 6. The Kier molecular flexibility index (Phi) is 5.57. The number of hydrogen-bond donors (Lipinski definition) is 6. The van der Waals surface area contributed by atoms with Crippen molar-refractivity contribution in [3.05, 3.63) is 57.6 Å². The Labute approximate surface area is 133 Å². The molecule has 0 aliphatic rings. The molecule has 6 heteroatoms. The van der Waals surface area contributed by atoms with Crippen LogP contribution in [-0.4, -0.2) is 30.6 Å². The second-order valence-electron chi connectivity index (χ2n) is 5.21. The summed E-state index contributed by atoms with van der Waals surface area (Å²) in [5.41, 5.74) is 2.43. The first-order chi connectivity index (χ1) is 11.1. The van der Waals surface area contributed by atoms with Crippen molar-refractivity contribution in [2.75, 3.05) is 0 Å². The normalized spacial score (nSPS) is 11.0. The minimum Gasteiger partial charge on any atom is -0.508 e. The van der Waals surface area contributed by atoms with Gasteiger partial charge in [-0.1, -0.05) is 12.1 Å². The molecule has 0 saturated heterocycles. The standard InChI is InChI=1S/C17H20O6/c18-6-10-1-3-16(22)12(14(10)8-20)5-13-15(9-21)11(7-19)2-4-17(13)23/h1-4,18-23H,5-9H2. The van der Waals surface area contributed by atoms with Gasteiger partial charge in [0.2, 0.25) is 0 Å². The van der Waals surface area contributed by atoms with E-state index in [2.05, 4.69) is 0 Å². The van der Waals surface area contributed by atoms with Gasteiger partial charge >= 0.3 is 0 Å². The summed E-state index contributed by atoms with van der Waals surface area (Å²) in [6, 6.07) is 5.85. The summed E-state index contributed by atoms with van der Waals surface area (Å²) in [7, 11) is 0. The number of phenolic OH excluding ortho intramolecular Hbond substituents is 2. The Balaban J connectivity index is 2.60. The quantitative estimate of drug-likeness (QED) is 0.465. The van der Waals surface area contributed by atoms with Crippen molar-refractivity contribution in [2.45, 2.75) is 32.8 Å². The SMILES string of the molecule is OCc1ccc(O)c(Cc2c(O)ccc(CO)c2CO)c1CO. The van der Waals surface area contributed by atoms with Crippen LogP contribution in [0.3, 0.4) is 0 Å². The predicted octanol–water partition coefficient (Wildman–Crippen LogP) is 0.658. The zero-order valence-corrected chi connectivity index (χ0v) is 12.5. The topological polar surface area (TPSA) is 121 Å². The van der Waals surface area contributed by atoms with Crippen molar-refractivity contribution < 1.29 is 30.6 Å². The lowest BCUT2D eigenvalue weighted by Gasteiger charge is -2.17. The lowest BCUT2D eigenvalue weighted by molar-refractivity contribution is 0.257. The molecule has 0 aliphatic heterocycles. The molecule has 6 N–H and O–H groups in total. The van der Waals surface area contributed by atoms with Crippen LogP contribution in [0, 0.1) is 0 Å². The van der Waals surface area contributed by atoms with E-state index in [-0.39, 0.29) is 44.3 Å². The lowest BCUT2D eigenvalue weighted by Crippen LogP contribution is -2.06. The molecule has 0 fully saturated rings. The third kappa shape index (κ3) is 3.30. The number of aromatic hydroxyl groups is 2. The van der Waals surface area contributed by atoms with Crippen LogP contribution in [0.4, 0.5) is 0 Å². The molecule has 0 saturated carbocycles. The highest BCUT2D eigenvalue weighted by Crippen LogP contribution is 2.33. The highest BCUT2D eigenvalue weighted by molar-refractivity contribution is 5.52. The summed E-state index contributed by atoms with van der Waals surface area (Å²) in [6.45, 7) is -1.35. The Morgan fingerprint density at radius 1 is 0.522 bits per heavy atom. The fourth-order valence-electron chi connectivity index (χ4n) is 2.72. The van der Waals surface area contributed by atoms with Crippen LogP contribution in [-0.2, 0) is 32.8 Å². The first-order valence-corrected chi connectivity index (χ1v) is 7.15. The molecule has 6 nitrogen and oxygen atoms in total. The van der Waals surface area contributed by atoms with E-state index in [4.69, 9.17) is 0 Å². The maximum atomic E-state index is 10.1. The van der Waals surface area contributed by atoms with Crippen molar-refractivity contribution in [1.82, 2.24) is 0 Å². The zero-order chi connectivity index (χ0) is 17.0. The molecule has 124 valence electrons. The predicted molar refractivity (Wildman–Crippen MR) is 82.7 cm³/mol. The van der Waals surface area contributed by atoms with Crippen LogP contribution in [0.25, 0.3) is 0 Å². The third-order valence-corrected chi connectivity index (χ3v) is 4.02. The van der Waals surface area contributed by atoms with E-state index in [1.807, 2.05) is 0 Å². The summed E-state index contributed by atoms with van der Waals surface area (Å²) in [6.07, 6.45) is 0.0468. The van der Waals surface area contributed by atoms with E-state index in [1.54, 1.807) is 0 Å². The van der Waals surface area contributed by atoms with Crippen LogP contribution in [0.1, 0.15) is 33.4 Å². The van der Waals surface area contributed by atoms with E-state index in [0.717, 1.165) is 0 Å². The van der Waals surface area contributed by atoms with Crippen LogP contribution in [0.2, 0.25) is 0 Å². The fourth-order valence-corrected chi connectivity index (χ4v) is 2.72. The molecule has 0 heterocycles. The minimum atomic E-state index is -0.380. The van der Waals surface area contributed by atoms with Crippen molar-refractivity contribution >= 4 is 0 Å². The number of benzene rings is 2. The minimum absolute atomic E-state index is 0.0468. The molecule has 0 spiro atoms. The molecule has 0 radical (unpaired) electrons. The molecule has 0 atom stereocenters. The molecule has 0 amide bonds. The van der Waals surface area contributed by atoms with Gasteiger partial charge in [0.1, 0.15) is 11.5 Å². The van der Waals surface area contributed by atoms with Gasteiger partial charge in [-0.3, -0.25) is 0 Å². The van der Waals surface area contributed by atoms with Crippen molar-refractivity contribution in [2.24, 2.45) is 0 Å². The van der Waals surface area contributed by atoms with Crippen molar-refractivity contribution in [1.29, 1.82) is 0 Å². The highest BCUT2D eigenvalue weighted by atomic mass is 16.3. The molecule has 0 aliphatic carbocycles. The fraction of sp³-hybridized carbons (Fsp3) is 0.294. The first-order valence-electron chi connectivity index (χ1n) is 7.15. The molecule has 0 aromatic heterocycles. The monoisotopic (exact) mass is 320 g/mol. The van der Waals surface area contributed by atoms with Gasteiger partial charge in [-0.25, -0.2) is 0 Å². The maximum absolute atomic E-state index is 10.1. The van der Waals surface area contributed by atoms with E-state index >= 15 is 0 Å². The molecular formula is C17H20O6. The zero-order valence-electron chi connectivity index (χ0n) is 12.5. The third-order valence-electron chi connectivity index (χ3n) is 4.02. The van der Waals surface area contributed by atoms with Crippen LogP contribution >= 0.6 is 0 Å². The average molecular weight is 320 g/mol. The summed E-state index contributed by atoms with van der Waals surface area (Å²) in [5, 5.41) is 58.0. The molecular weight excluding hydrogens is 300 g/mol. The summed E-state index contributed by atoms with van der Waals surface area (Å²) >= 11 is 0. The first kappa shape index (κ1) is 17.2. The van der Waals surface area contributed by atoms with Gasteiger partial charge in [-0.2, -0.15) is 0 Å². The molecule has 0 bridgehead atoms. The second-order valence-corrected chi connectivity index (χ2v) is 5.21. The summed E-state index contributed by atoms with van der Waals surface area (Å²) in [4.78, 5) is 0. The van der Waals surface area contributed by atoms with Gasteiger partial charge in [0.05, 0.1) is 26.4 Å². The highest BCUT2D eigenvalue weighted by Gasteiger charge is 2.18. The lowest BCUT2D eigenvalue weighted by atomic mass is 9.91. The van der Waals surface area contributed by atoms with Gasteiger partial charge in [0.25, 0.3) is 0 Å². The van der Waals surface area contributed by atoms with Gasteiger partial charge in [0.15, 0.2) is 0 Å². The van der Waals surface area contributed by atoms with E-state index < -0.39 is 0 Å². The van der Waals surface area contributed by atoms with Gasteiger partial charge in [-0.05, 0) is 34.4 Å². The summed E-state index contributed by atoms with van der Waals surface area (Å²) < 4.78 is 0. The van der Waals surface area contributed by atoms with E-state index in [1.165, 1.54) is 24.3 Å². The number of aliphatic hydroxyl groups is 4. The molecule has 2 aromatic carbocycles. The Morgan fingerprint density at radius 3 is 1.22 bits per heavy atom. The van der Waals surface area contributed by atoms with E-state index in [9.17, 15) is 30.6 Å². The van der Waals surface area contributed by atoms with Crippen LogP contribution in [0.5, 0.6) is 11.5 Å². The molecule has 2 aromatic rings.